The summed E-state index contributed by atoms with van der Waals surface area (Å²) in [6, 6.07) is 0.940. The molecule has 0 aliphatic carbocycles. The molecule has 3 aromatic rings. The maximum Gasteiger partial charge on any atom is 0.470 e. The van der Waals surface area contributed by atoms with Gasteiger partial charge in [-0.25, -0.2) is 24.3 Å². The van der Waals surface area contributed by atoms with Crippen LogP contribution in [-0.2, 0) is 39.4 Å². The van der Waals surface area contributed by atoms with Gasteiger partial charge in [-0.15, -0.1) is 0 Å². The summed E-state index contributed by atoms with van der Waals surface area (Å²) >= 11 is 5.05. The number of phosphoric acid groups is 1. The highest BCUT2D eigenvalue weighted by Gasteiger charge is 2.51. The van der Waals surface area contributed by atoms with Gasteiger partial charge >= 0.3 is 20.2 Å². The summed E-state index contributed by atoms with van der Waals surface area (Å²) in [4.78, 5) is 67.0. The van der Waals surface area contributed by atoms with Crippen LogP contribution in [0.5, 0.6) is 0 Å². The standard InChI is InChI=1S/C19H25N7O14P2S/c20-15-10-16(22-5-21-15)26(6-23-10)18-11(29)13(7(3-27)37-18)40-42(35,43)36-4-8-14(39-41(32,33)34)12(30)17(38-8)25-2-1-9(28)24-19(25)31/h1-2,5-8,11-14,17-18,27,29-30H,3-4H2,(H,35,43)(H2,20,21,22)(H,24,28,31)(H2,32,33,34)/t7-,8-,11?,12?,13?,14?,17-,18-,42?/m1/s1. The van der Waals surface area contributed by atoms with E-state index >= 15 is 0 Å². The Kier molecular flexibility index (Phi) is 8.97. The van der Waals surface area contributed by atoms with E-state index in [9.17, 15) is 44.2 Å². The molecule has 2 aliphatic heterocycles. The van der Waals surface area contributed by atoms with E-state index in [0.717, 1.165) is 16.8 Å². The molecular weight excluding hydrogens is 644 g/mol. The Hall–Kier alpha value is -2.53. The normalized spacial score (nSPS) is 31.0. The number of hydrogen-bond acceptors (Lipinski definition) is 16. The first-order chi connectivity index (χ1) is 20.2. The van der Waals surface area contributed by atoms with Gasteiger partial charge in [-0.05, 0) is 11.8 Å². The fourth-order valence-corrected chi connectivity index (χ4v) is 6.66. The third-order valence-corrected chi connectivity index (χ3v) is 8.58. The van der Waals surface area contributed by atoms with Crippen molar-refractivity contribution >= 4 is 43.3 Å². The molecule has 3 aromatic heterocycles. The van der Waals surface area contributed by atoms with Crippen molar-refractivity contribution in [1.82, 2.24) is 29.1 Å². The summed E-state index contributed by atoms with van der Waals surface area (Å²) in [5.74, 6) is 0.0648. The Morgan fingerprint density at radius 3 is 2.33 bits per heavy atom. The molecule has 5 unspecified atom stereocenters. The molecular formula is C19H25N7O14P2S. The van der Waals surface area contributed by atoms with Gasteiger partial charge in [0.05, 0.1) is 19.5 Å². The predicted molar refractivity (Wildman–Crippen MR) is 142 cm³/mol. The molecule has 24 heteroatoms. The largest absolute Gasteiger partial charge is 0.470 e. The number of ether oxygens (including phenoxy) is 2. The number of aliphatic hydroxyl groups is 3. The second-order valence-electron chi connectivity index (χ2n) is 9.29. The number of aromatic amines is 1. The number of rotatable bonds is 10. The first-order valence-corrected chi connectivity index (χ1v) is 16.2. The lowest BCUT2D eigenvalue weighted by Gasteiger charge is -2.26. The molecule has 9 N–H and O–H groups in total. The minimum absolute atomic E-state index is 0.0648. The molecule has 0 spiro atoms. The maximum absolute atomic E-state index is 12.2. The number of H-pyrrole nitrogens is 1. The van der Waals surface area contributed by atoms with E-state index in [-0.39, 0.29) is 17.0 Å². The Morgan fingerprint density at radius 1 is 1.02 bits per heavy atom. The molecule has 236 valence electrons. The average molecular weight is 669 g/mol. The highest BCUT2D eigenvalue weighted by molar-refractivity contribution is 8.07. The summed E-state index contributed by atoms with van der Waals surface area (Å²) < 4.78 is 40.3. The van der Waals surface area contributed by atoms with Gasteiger partial charge in [0.2, 0.25) is 0 Å². The van der Waals surface area contributed by atoms with Gasteiger partial charge in [0, 0.05) is 12.3 Å². The van der Waals surface area contributed by atoms with Crippen LogP contribution in [0.25, 0.3) is 11.2 Å². The van der Waals surface area contributed by atoms with E-state index in [2.05, 4.69) is 19.5 Å². The van der Waals surface area contributed by atoms with Crippen LogP contribution in [0.2, 0.25) is 0 Å². The van der Waals surface area contributed by atoms with Crippen molar-refractivity contribution in [3.05, 3.63) is 45.8 Å². The lowest BCUT2D eigenvalue weighted by molar-refractivity contribution is -0.0573. The topological polar surface area (TPSA) is 309 Å². The average Bonchev–Trinajstić information content (AvgIpc) is 3.57. The molecule has 43 heavy (non-hydrogen) atoms. The third-order valence-electron chi connectivity index (χ3n) is 6.50. The van der Waals surface area contributed by atoms with E-state index in [1.54, 1.807) is 0 Å². The molecule has 2 saturated heterocycles. The molecule has 0 radical (unpaired) electrons. The Balaban J connectivity index is 1.32. The number of anilines is 1. The van der Waals surface area contributed by atoms with Crippen LogP contribution in [0.1, 0.15) is 12.5 Å². The number of nitrogens with one attached hydrogen (secondary N) is 1. The Labute approximate surface area is 243 Å². The van der Waals surface area contributed by atoms with Crippen molar-refractivity contribution in [2.75, 3.05) is 18.9 Å². The number of aliphatic hydroxyl groups excluding tert-OH is 3. The maximum atomic E-state index is 12.2. The number of phosphoric ester groups is 1. The SMILES string of the molecule is Nc1ncnc2c1ncn2[C@@H]1O[C@H](CO)C(OP(O)(=S)OC[C@H]2O[C@@H](n3ccc(=O)[nH]c3=O)C(O)C2OP(=O)(O)O)C1O. The molecule has 5 heterocycles. The van der Waals surface area contributed by atoms with Crippen LogP contribution in [0.4, 0.5) is 5.82 Å². The number of nitrogens with two attached hydrogens (primary N) is 1. The molecule has 0 amide bonds. The zero-order valence-corrected chi connectivity index (χ0v) is 24.0. The summed E-state index contributed by atoms with van der Waals surface area (Å²) in [5, 5.41) is 31.5. The van der Waals surface area contributed by atoms with Crippen LogP contribution < -0.4 is 17.0 Å². The molecule has 2 aliphatic rings. The predicted octanol–water partition coefficient (Wildman–Crippen LogP) is -3.44. The second kappa shape index (κ2) is 12.1. The number of fused-ring (bicyclic) bond motifs is 1. The number of imidazole rings is 1. The third kappa shape index (κ3) is 6.62. The summed E-state index contributed by atoms with van der Waals surface area (Å²) in [7, 11) is -5.24. The van der Waals surface area contributed by atoms with E-state index in [0.29, 0.717) is 0 Å². The monoisotopic (exact) mass is 669 g/mol. The fraction of sp³-hybridized carbons (Fsp3) is 0.526. The molecule has 0 saturated carbocycles. The van der Waals surface area contributed by atoms with Crippen LogP contribution in [-0.4, -0.2) is 109 Å². The highest BCUT2D eigenvalue weighted by Crippen LogP contribution is 2.50. The lowest BCUT2D eigenvalue weighted by atomic mass is 10.1. The molecule has 9 atom stereocenters. The number of nitrogens with zero attached hydrogens (tertiary/aromatic N) is 5. The van der Waals surface area contributed by atoms with Gasteiger partial charge in [0.1, 0.15) is 48.5 Å². The zero-order chi connectivity index (χ0) is 31.3. The molecule has 0 aromatic carbocycles. The van der Waals surface area contributed by atoms with Crippen LogP contribution in [0.15, 0.2) is 34.5 Å². The molecule has 2 fully saturated rings. The summed E-state index contributed by atoms with van der Waals surface area (Å²) in [5.41, 5.74) is 4.44. The van der Waals surface area contributed by atoms with Crippen molar-refractivity contribution in [2.45, 2.75) is 49.1 Å². The zero-order valence-electron chi connectivity index (χ0n) is 21.4. The minimum Gasteiger partial charge on any atom is -0.394 e. The summed E-state index contributed by atoms with van der Waals surface area (Å²) in [6.07, 6.45) is -8.97. The van der Waals surface area contributed by atoms with E-state index in [4.69, 9.17) is 36.1 Å². The smallest absolute Gasteiger partial charge is 0.394 e. The molecule has 0 bridgehead atoms. The lowest BCUT2D eigenvalue weighted by Crippen LogP contribution is -2.38. The number of aromatic nitrogens is 6. The summed E-state index contributed by atoms with van der Waals surface area (Å²) in [6.45, 7) is -5.86. The minimum atomic E-state index is -5.24. The van der Waals surface area contributed by atoms with Gasteiger partial charge in [0.15, 0.2) is 23.9 Å². The van der Waals surface area contributed by atoms with Crippen molar-refractivity contribution in [3.63, 3.8) is 0 Å². The van der Waals surface area contributed by atoms with Gasteiger partial charge in [-0.3, -0.25) is 28.0 Å². The van der Waals surface area contributed by atoms with E-state index in [1.165, 1.54) is 17.2 Å². The van der Waals surface area contributed by atoms with Crippen molar-refractivity contribution < 1.29 is 57.6 Å². The Morgan fingerprint density at radius 2 is 1.67 bits per heavy atom. The first kappa shape index (κ1) is 31.9. The van der Waals surface area contributed by atoms with Crippen LogP contribution >= 0.6 is 14.5 Å². The first-order valence-electron chi connectivity index (χ1n) is 12.1. The van der Waals surface area contributed by atoms with Crippen LogP contribution in [0, 0.1) is 0 Å². The molecule has 21 nitrogen and oxygen atoms in total. The Bertz CT molecular complexity index is 1700. The molecule has 5 rings (SSSR count). The quantitative estimate of drug-likeness (QED) is 0.0974. The van der Waals surface area contributed by atoms with Crippen molar-refractivity contribution in [3.8, 4) is 0 Å². The van der Waals surface area contributed by atoms with E-state index in [1.807, 2.05) is 4.98 Å². The van der Waals surface area contributed by atoms with Gasteiger partial charge in [0.25, 0.3) is 5.56 Å². The highest BCUT2D eigenvalue weighted by atomic mass is 32.5. The van der Waals surface area contributed by atoms with Gasteiger partial charge in [-0.2, -0.15) is 0 Å². The van der Waals surface area contributed by atoms with Gasteiger partial charge < -0.3 is 49.7 Å². The van der Waals surface area contributed by atoms with Crippen molar-refractivity contribution in [1.29, 1.82) is 0 Å². The fourth-order valence-electron chi connectivity index (χ4n) is 4.63. The van der Waals surface area contributed by atoms with E-state index < -0.39 is 88.1 Å². The number of nitrogen functional groups attached to an aromatic ring is 1. The second-order valence-corrected chi connectivity index (χ2v) is 13.3. The number of hydrogen-bond donors (Lipinski definition) is 8. The van der Waals surface area contributed by atoms with Gasteiger partial charge in [-0.1, -0.05) is 0 Å². The van der Waals surface area contributed by atoms with Crippen molar-refractivity contribution in [2.24, 2.45) is 0 Å². The van der Waals surface area contributed by atoms with Crippen LogP contribution in [0.3, 0.4) is 0 Å².